The number of hydrogen-bond acceptors (Lipinski definition) is 1. The third-order valence-electron chi connectivity index (χ3n) is 2.89. The third kappa shape index (κ3) is 11.5. The quantitative estimate of drug-likeness (QED) is 0.242. The van der Waals surface area contributed by atoms with E-state index in [1.165, 1.54) is 44.9 Å². The van der Waals surface area contributed by atoms with Crippen LogP contribution in [0.2, 0.25) is 0 Å². The molecule has 0 aromatic carbocycles. The molecule has 0 amide bonds. The fraction of sp³-hybridized carbons (Fsp3) is 0.647. The van der Waals surface area contributed by atoms with E-state index in [9.17, 15) is 0 Å². The van der Waals surface area contributed by atoms with Crippen LogP contribution in [0.25, 0.3) is 0 Å². The lowest BCUT2D eigenvalue weighted by molar-refractivity contribution is 0.216. The summed E-state index contributed by atoms with van der Waals surface area (Å²) in [6, 6.07) is 0. The van der Waals surface area contributed by atoms with Gasteiger partial charge in [-0.3, -0.25) is 0 Å². The maximum atomic E-state index is 5.61. The van der Waals surface area contributed by atoms with E-state index in [-0.39, 0.29) is 0 Å². The lowest BCUT2D eigenvalue weighted by Gasteiger charge is -2.07. The molecule has 0 N–H and O–H groups in total. The van der Waals surface area contributed by atoms with Crippen molar-refractivity contribution in [3.8, 4) is 0 Å². The minimum absolute atomic E-state index is 0.754. The van der Waals surface area contributed by atoms with Crippen LogP contribution in [0.5, 0.6) is 0 Å². The third-order valence-corrected chi connectivity index (χ3v) is 2.89. The first-order valence-electron chi connectivity index (χ1n) is 7.46. The summed E-state index contributed by atoms with van der Waals surface area (Å²) in [6.45, 7) is 8.71. The van der Waals surface area contributed by atoms with Crippen LogP contribution in [-0.2, 0) is 4.74 Å². The highest BCUT2D eigenvalue weighted by Gasteiger charge is 1.97. The minimum atomic E-state index is 0.754. The lowest BCUT2D eigenvalue weighted by atomic mass is 10.1. The molecule has 0 aliphatic rings. The van der Waals surface area contributed by atoms with Crippen molar-refractivity contribution in [2.45, 2.75) is 65.2 Å². The van der Waals surface area contributed by atoms with Crippen LogP contribution in [-0.4, -0.2) is 6.61 Å². The van der Waals surface area contributed by atoms with Crippen molar-refractivity contribution in [2.75, 3.05) is 6.61 Å². The SMILES string of the molecule is C=CC=CC=C(CCCCCCCCC)OCC. The molecule has 0 spiro atoms. The number of hydrogen-bond donors (Lipinski definition) is 0. The Morgan fingerprint density at radius 3 is 2.22 bits per heavy atom. The van der Waals surface area contributed by atoms with Gasteiger partial charge in [0.1, 0.15) is 0 Å². The lowest BCUT2D eigenvalue weighted by Crippen LogP contribution is -1.92. The molecule has 1 nitrogen and oxygen atoms in total. The second kappa shape index (κ2) is 14.1. The maximum Gasteiger partial charge on any atom is 0.0959 e. The fourth-order valence-electron chi connectivity index (χ4n) is 1.89. The van der Waals surface area contributed by atoms with Crippen molar-refractivity contribution in [1.82, 2.24) is 0 Å². The molecule has 0 aromatic heterocycles. The minimum Gasteiger partial charge on any atom is -0.498 e. The Balaban J connectivity index is 3.66. The van der Waals surface area contributed by atoms with Gasteiger partial charge in [-0.05, 0) is 19.4 Å². The first-order valence-corrected chi connectivity index (χ1v) is 7.46. The summed E-state index contributed by atoms with van der Waals surface area (Å²) in [5.74, 6) is 1.10. The predicted octanol–water partition coefficient (Wildman–Crippen LogP) is 5.79. The van der Waals surface area contributed by atoms with Crippen molar-refractivity contribution in [1.29, 1.82) is 0 Å². The molecule has 0 aliphatic carbocycles. The fourth-order valence-corrected chi connectivity index (χ4v) is 1.89. The van der Waals surface area contributed by atoms with E-state index in [0.29, 0.717) is 0 Å². The Kier molecular flexibility index (Phi) is 13.3. The van der Waals surface area contributed by atoms with E-state index in [1.54, 1.807) is 6.08 Å². The van der Waals surface area contributed by atoms with E-state index in [2.05, 4.69) is 19.6 Å². The highest BCUT2D eigenvalue weighted by atomic mass is 16.5. The number of ether oxygens (including phenoxy) is 1. The molecule has 0 saturated carbocycles. The van der Waals surface area contributed by atoms with Crippen molar-refractivity contribution >= 4 is 0 Å². The first kappa shape index (κ1) is 17.0. The molecule has 0 radical (unpaired) electrons. The van der Waals surface area contributed by atoms with Crippen molar-refractivity contribution < 1.29 is 4.74 Å². The van der Waals surface area contributed by atoms with Gasteiger partial charge in [0.15, 0.2) is 0 Å². The zero-order chi connectivity index (χ0) is 13.5. The second-order valence-corrected chi connectivity index (χ2v) is 4.56. The molecule has 0 fully saturated rings. The number of unbranched alkanes of at least 4 members (excludes halogenated alkanes) is 6. The summed E-state index contributed by atoms with van der Waals surface area (Å²) in [6.07, 6.45) is 18.2. The summed E-state index contributed by atoms with van der Waals surface area (Å²) in [5.41, 5.74) is 0. The normalized spacial score (nSPS) is 12.0. The van der Waals surface area contributed by atoms with Crippen LogP contribution in [0, 0.1) is 0 Å². The van der Waals surface area contributed by atoms with Crippen LogP contribution >= 0.6 is 0 Å². The summed E-state index contributed by atoms with van der Waals surface area (Å²) < 4.78 is 5.61. The topological polar surface area (TPSA) is 9.23 Å². The second-order valence-electron chi connectivity index (χ2n) is 4.56. The van der Waals surface area contributed by atoms with Crippen LogP contribution in [0.3, 0.4) is 0 Å². The van der Waals surface area contributed by atoms with Gasteiger partial charge in [-0.15, -0.1) is 0 Å². The average molecular weight is 250 g/mol. The molecular weight excluding hydrogens is 220 g/mol. The Morgan fingerprint density at radius 1 is 0.944 bits per heavy atom. The van der Waals surface area contributed by atoms with Gasteiger partial charge in [0, 0.05) is 6.42 Å². The smallest absolute Gasteiger partial charge is 0.0959 e. The molecule has 0 atom stereocenters. The largest absolute Gasteiger partial charge is 0.498 e. The van der Waals surface area contributed by atoms with E-state index < -0.39 is 0 Å². The van der Waals surface area contributed by atoms with Crippen LogP contribution in [0.1, 0.15) is 65.2 Å². The van der Waals surface area contributed by atoms with Gasteiger partial charge < -0.3 is 4.74 Å². The molecule has 0 aliphatic heterocycles. The van der Waals surface area contributed by atoms with Gasteiger partial charge in [-0.2, -0.15) is 0 Å². The molecular formula is C17H30O. The van der Waals surface area contributed by atoms with Gasteiger partial charge in [0.2, 0.25) is 0 Å². The van der Waals surface area contributed by atoms with Crippen LogP contribution in [0.4, 0.5) is 0 Å². The summed E-state index contributed by atoms with van der Waals surface area (Å²) in [4.78, 5) is 0. The average Bonchev–Trinajstić information content (AvgIpc) is 2.38. The molecule has 0 bridgehead atoms. The zero-order valence-electron chi connectivity index (χ0n) is 12.3. The van der Waals surface area contributed by atoms with E-state index in [4.69, 9.17) is 4.74 Å². The first-order chi connectivity index (χ1) is 8.85. The zero-order valence-corrected chi connectivity index (χ0v) is 12.3. The molecule has 1 heteroatoms. The van der Waals surface area contributed by atoms with E-state index in [0.717, 1.165) is 18.8 Å². The molecule has 0 saturated heterocycles. The number of allylic oxidation sites excluding steroid dienone is 5. The molecule has 0 aromatic rings. The Hall–Kier alpha value is -0.980. The molecule has 0 rings (SSSR count). The van der Waals surface area contributed by atoms with Crippen molar-refractivity contribution in [3.63, 3.8) is 0 Å². The van der Waals surface area contributed by atoms with E-state index >= 15 is 0 Å². The Morgan fingerprint density at radius 2 is 1.61 bits per heavy atom. The predicted molar refractivity (Wildman–Crippen MR) is 81.7 cm³/mol. The standard InChI is InChI=1S/C17H30O/c1-4-7-9-10-11-12-14-16-17(18-6-3)15-13-8-5-2/h5,8,13,15H,2,4,6-7,9-12,14,16H2,1,3H3. The molecule has 0 heterocycles. The van der Waals surface area contributed by atoms with Gasteiger partial charge in [0.05, 0.1) is 12.4 Å². The summed E-state index contributed by atoms with van der Waals surface area (Å²) in [7, 11) is 0. The summed E-state index contributed by atoms with van der Waals surface area (Å²) >= 11 is 0. The highest BCUT2D eigenvalue weighted by molar-refractivity contribution is 5.12. The number of rotatable bonds is 12. The summed E-state index contributed by atoms with van der Waals surface area (Å²) in [5, 5.41) is 0. The highest BCUT2D eigenvalue weighted by Crippen LogP contribution is 2.13. The van der Waals surface area contributed by atoms with Gasteiger partial charge in [-0.1, -0.05) is 70.3 Å². The van der Waals surface area contributed by atoms with Crippen molar-refractivity contribution in [3.05, 3.63) is 36.6 Å². The van der Waals surface area contributed by atoms with Gasteiger partial charge in [-0.25, -0.2) is 0 Å². The molecule has 104 valence electrons. The molecule has 0 unspecified atom stereocenters. The van der Waals surface area contributed by atoms with Crippen molar-refractivity contribution in [2.24, 2.45) is 0 Å². The Labute approximate surface area is 114 Å². The maximum absolute atomic E-state index is 5.61. The van der Waals surface area contributed by atoms with Gasteiger partial charge in [0.25, 0.3) is 0 Å². The van der Waals surface area contributed by atoms with E-state index in [1.807, 2.05) is 19.1 Å². The Bertz CT molecular complexity index is 238. The van der Waals surface area contributed by atoms with Gasteiger partial charge >= 0.3 is 0 Å². The van der Waals surface area contributed by atoms with Crippen LogP contribution in [0.15, 0.2) is 36.6 Å². The van der Waals surface area contributed by atoms with Crippen LogP contribution < -0.4 is 0 Å². The monoisotopic (exact) mass is 250 g/mol. The molecule has 18 heavy (non-hydrogen) atoms.